The SMILES string of the molecule is O=C(O)c1ccccc1OCCN1CCC(C(c2ccccc2)c2ccccc2)CC1. The number of rotatable bonds is 8. The minimum absolute atomic E-state index is 0.217. The second kappa shape index (κ2) is 10.3. The van der Waals surface area contributed by atoms with Crippen LogP contribution in [0.25, 0.3) is 0 Å². The van der Waals surface area contributed by atoms with Gasteiger partial charge in [-0.05, 0) is 55.1 Å². The Hall–Kier alpha value is -3.11. The second-order valence-electron chi connectivity index (χ2n) is 8.13. The molecule has 1 heterocycles. The van der Waals surface area contributed by atoms with E-state index in [9.17, 15) is 9.90 Å². The molecule has 160 valence electrons. The number of aromatic carboxylic acids is 1. The molecule has 0 unspecified atom stereocenters. The van der Waals surface area contributed by atoms with E-state index in [1.807, 2.05) is 0 Å². The molecular weight excluding hydrogens is 386 g/mol. The van der Waals surface area contributed by atoms with Crippen LogP contribution in [0.3, 0.4) is 0 Å². The normalized spacial score (nSPS) is 15.1. The third-order valence-electron chi connectivity index (χ3n) is 6.20. The maximum absolute atomic E-state index is 11.3. The fourth-order valence-electron chi connectivity index (χ4n) is 4.62. The van der Waals surface area contributed by atoms with Crippen LogP contribution >= 0.6 is 0 Å². The Morgan fingerprint density at radius 1 is 0.871 bits per heavy atom. The van der Waals surface area contributed by atoms with Gasteiger partial charge < -0.3 is 9.84 Å². The molecule has 4 rings (SSSR count). The first kappa shape index (κ1) is 21.1. The molecule has 0 aliphatic carbocycles. The number of hydrogen-bond acceptors (Lipinski definition) is 3. The van der Waals surface area contributed by atoms with Gasteiger partial charge in [0.15, 0.2) is 0 Å². The van der Waals surface area contributed by atoms with Crippen LogP contribution in [0.2, 0.25) is 0 Å². The van der Waals surface area contributed by atoms with Gasteiger partial charge in [0.25, 0.3) is 0 Å². The predicted molar refractivity (Wildman–Crippen MR) is 123 cm³/mol. The first-order chi connectivity index (χ1) is 15.2. The van der Waals surface area contributed by atoms with Gasteiger partial charge in [-0.25, -0.2) is 4.79 Å². The highest BCUT2D eigenvalue weighted by Gasteiger charge is 2.28. The van der Waals surface area contributed by atoms with Crippen molar-refractivity contribution in [3.63, 3.8) is 0 Å². The van der Waals surface area contributed by atoms with Crippen molar-refractivity contribution in [2.75, 3.05) is 26.2 Å². The zero-order chi connectivity index (χ0) is 21.5. The maximum atomic E-state index is 11.3. The average Bonchev–Trinajstić information content (AvgIpc) is 2.82. The zero-order valence-electron chi connectivity index (χ0n) is 17.7. The number of para-hydroxylation sites is 1. The molecular formula is C27H29NO3. The van der Waals surface area contributed by atoms with Crippen molar-refractivity contribution in [2.24, 2.45) is 5.92 Å². The van der Waals surface area contributed by atoms with E-state index in [4.69, 9.17) is 4.74 Å². The minimum atomic E-state index is -0.954. The van der Waals surface area contributed by atoms with Crippen LogP contribution in [0.4, 0.5) is 0 Å². The number of carbonyl (C=O) groups is 1. The third-order valence-corrected chi connectivity index (χ3v) is 6.20. The molecule has 4 nitrogen and oxygen atoms in total. The first-order valence-corrected chi connectivity index (χ1v) is 11.0. The van der Waals surface area contributed by atoms with Crippen LogP contribution in [-0.4, -0.2) is 42.2 Å². The Morgan fingerprint density at radius 3 is 2.00 bits per heavy atom. The smallest absolute Gasteiger partial charge is 0.339 e. The van der Waals surface area contributed by atoms with Crippen LogP contribution in [0, 0.1) is 5.92 Å². The second-order valence-corrected chi connectivity index (χ2v) is 8.13. The summed E-state index contributed by atoms with van der Waals surface area (Å²) in [5.41, 5.74) is 3.00. The van der Waals surface area contributed by atoms with E-state index in [0.29, 0.717) is 24.2 Å². The van der Waals surface area contributed by atoms with Crippen molar-refractivity contribution in [2.45, 2.75) is 18.8 Å². The summed E-state index contributed by atoms with van der Waals surface area (Å²) in [5.74, 6) is 0.514. The summed E-state index contributed by atoms with van der Waals surface area (Å²) in [6, 6.07) is 28.5. The molecule has 31 heavy (non-hydrogen) atoms. The lowest BCUT2D eigenvalue weighted by molar-refractivity contribution is 0.0691. The topological polar surface area (TPSA) is 49.8 Å². The van der Waals surface area contributed by atoms with E-state index < -0.39 is 5.97 Å². The molecule has 3 aromatic rings. The number of carboxylic acids is 1. The van der Waals surface area contributed by atoms with Crippen LogP contribution < -0.4 is 4.74 Å². The molecule has 0 saturated carbocycles. The Morgan fingerprint density at radius 2 is 1.42 bits per heavy atom. The van der Waals surface area contributed by atoms with E-state index in [0.717, 1.165) is 32.5 Å². The summed E-state index contributed by atoms with van der Waals surface area (Å²) >= 11 is 0. The van der Waals surface area contributed by atoms with Gasteiger partial charge in [-0.15, -0.1) is 0 Å². The molecule has 1 saturated heterocycles. The number of ether oxygens (including phenoxy) is 1. The lowest BCUT2D eigenvalue weighted by atomic mass is 9.76. The Balaban J connectivity index is 1.35. The number of piperidine rings is 1. The molecule has 1 fully saturated rings. The fraction of sp³-hybridized carbons (Fsp3) is 0.296. The van der Waals surface area contributed by atoms with Gasteiger partial charge in [-0.1, -0.05) is 72.8 Å². The summed E-state index contributed by atoms with van der Waals surface area (Å²) in [4.78, 5) is 13.8. The summed E-state index contributed by atoms with van der Waals surface area (Å²) < 4.78 is 5.79. The summed E-state index contributed by atoms with van der Waals surface area (Å²) in [7, 11) is 0. The fourth-order valence-corrected chi connectivity index (χ4v) is 4.62. The number of benzene rings is 3. The predicted octanol–water partition coefficient (Wildman–Crippen LogP) is 5.31. The first-order valence-electron chi connectivity index (χ1n) is 11.0. The lowest BCUT2D eigenvalue weighted by Gasteiger charge is -2.36. The van der Waals surface area contributed by atoms with Gasteiger partial charge in [0.1, 0.15) is 17.9 Å². The largest absolute Gasteiger partial charge is 0.491 e. The van der Waals surface area contributed by atoms with Crippen molar-refractivity contribution in [3.05, 3.63) is 102 Å². The Labute approximate surface area is 184 Å². The van der Waals surface area contributed by atoms with Crippen LogP contribution in [0.15, 0.2) is 84.9 Å². The summed E-state index contributed by atoms with van der Waals surface area (Å²) in [6.45, 7) is 3.37. The van der Waals surface area contributed by atoms with Crippen LogP contribution in [0.1, 0.15) is 40.2 Å². The standard InChI is InChI=1S/C27H29NO3/c29-27(30)24-13-7-8-14-25(24)31-20-19-28-17-15-23(16-18-28)26(21-9-3-1-4-10-21)22-11-5-2-6-12-22/h1-14,23,26H,15-20H2,(H,29,30). The monoisotopic (exact) mass is 415 g/mol. The molecule has 4 heteroatoms. The van der Waals surface area contributed by atoms with Crippen molar-refractivity contribution in [1.82, 2.24) is 4.90 Å². The molecule has 0 amide bonds. The van der Waals surface area contributed by atoms with Crippen molar-refractivity contribution in [3.8, 4) is 5.75 Å². The number of nitrogens with zero attached hydrogens (tertiary/aromatic N) is 1. The number of likely N-dealkylation sites (tertiary alicyclic amines) is 1. The van der Waals surface area contributed by atoms with Gasteiger partial charge in [0.05, 0.1) is 0 Å². The highest BCUT2D eigenvalue weighted by Crippen LogP contribution is 2.37. The molecule has 1 N–H and O–H groups in total. The van der Waals surface area contributed by atoms with Gasteiger partial charge in [-0.2, -0.15) is 0 Å². The van der Waals surface area contributed by atoms with Crippen molar-refractivity contribution < 1.29 is 14.6 Å². The van der Waals surface area contributed by atoms with Gasteiger partial charge in [0, 0.05) is 12.5 Å². The van der Waals surface area contributed by atoms with Crippen molar-refractivity contribution >= 4 is 5.97 Å². The number of hydrogen-bond donors (Lipinski definition) is 1. The number of carboxylic acid groups (broad SMARTS) is 1. The molecule has 0 radical (unpaired) electrons. The van der Waals surface area contributed by atoms with Crippen LogP contribution in [0.5, 0.6) is 5.75 Å². The average molecular weight is 416 g/mol. The lowest BCUT2D eigenvalue weighted by Crippen LogP contribution is -2.38. The van der Waals surface area contributed by atoms with Gasteiger partial charge in [-0.3, -0.25) is 4.90 Å². The Bertz CT molecular complexity index is 927. The zero-order valence-corrected chi connectivity index (χ0v) is 17.7. The van der Waals surface area contributed by atoms with E-state index in [-0.39, 0.29) is 5.56 Å². The molecule has 1 aliphatic heterocycles. The van der Waals surface area contributed by atoms with E-state index in [2.05, 4.69) is 65.6 Å². The minimum Gasteiger partial charge on any atom is -0.491 e. The molecule has 0 aromatic heterocycles. The van der Waals surface area contributed by atoms with Crippen molar-refractivity contribution in [1.29, 1.82) is 0 Å². The van der Waals surface area contributed by atoms with Gasteiger partial charge >= 0.3 is 5.97 Å². The molecule has 1 aliphatic rings. The molecule has 3 aromatic carbocycles. The maximum Gasteiger partial charge on any atom is 0.339 e. The quantitative estimate of drug-likeness (QED) is 0.542. The summed E-state index contributed by atoms with van der Waals surface area (Å²) in [6.07, 6.45) is 2.28. The molecule has 0 spiro atoms. The summed E-state index contributed by atoms with van der Waals surface area (Å²) in [5, 5.41) is 9.29. The van der Waals surface area contributed by atoms with E-state index >= 15 is 0 Å². The van der Waals surface area contributed by atoms with Gasteiger partial charge in [0.2, 0.25) is 0 Å². The van der Waals surface area contributed by atoms with E-state index in [1.54, 1.807) is 24.3 Å². The van der Waals surface area contributed by atoms with E-state index in [1.165, 1.54) is 11.1 Å². The Kier molecular flexibility index (Phi) is 7.00. The molecule has 0 bridgehead atoms. The molecule has 0 atom stereocenters. The highest BCUT2D eigenvalue weighted by atomic mass is 16.5. The third kappa shape index (κ3) is 5.33. The highest BCUT2D eigenvalue weighted by molar-refractivity contribution is 5.90. The van der Waals surface area contributed by atoms with Crippen LogP contribution in [-0.2, 0) is 0 Å².